The molecular formula is C12H17N3O. The van der Waals surface area contributed by atoms with Gasteiger partial charge >= 0.3 is 0 Å². The van der Waals surface area contributed by atoms with Gasteiger partial charge in [-0.15, -0.1) is 0 Å². The van der Waals surface area contributed by atoms with Crippen molar-refractivity contribution < 1.29 is 4.74 Å². The van der Waals surface area contributed by atoms with E-state index in [1.807, 2.05) is 24.3 Å². The van der Waals surface area contributed by atoms with Crippen molar-refractivity contribution in [3.63, 3.8) is 0 Å². The zero-order valence-electron chi connectivity index (χ0n) is 9.49. The monoisotopic (exact) mass is 219 g/mol. The molecule has 1 heterocycles. The number of nitrogens with one attached hydrogen (secondary N) is 2. The lowest BCUT2D eigenvalue weighted by Crippen LogP contribution is -2.32. The van der Waals surface area contributed by atoms with Crippen molar-refractivity contribution in [1.29, 1.82) is 5.41 Å². The first kappa shape index (κ1) is 10.8. The second-order valence-corrected chi connectivity index (χ2v) is 3.90. The summed E-state index contributed by atoms with van der Waals surface area (Å²) in [5.41, 5.74) is 0.928. The number of anilines is 1. The molecule has 16 heavy (non-hydrogen) atoms. The van der Waals surface area contributed by atoms with Crippen LogP contribution in [0, 0.1) is 5.41 Å². The summed E-state index contributed by atoms with van der Waals surface area (Å²) >= 11 is 0. The molecular weight excluding hydrogens is 202 g/mol. The zero-order valence-corrected chi connectivity index (χ0v) is 9.49. The first-order valence-corrected chi connectivity index (χ1v) is 5.54. The fourth-order valence-electron chi connectivity index (χ4n) is 1.83. The Morgan fingerprint density at radius 2 is 1.88 bits per heavy atom. The van der Waals surface area contributed by atoms with Crippen LogP contribution < -0.4 is 10.1 Å². The Hall–Kier alpha value is -1.71. The van der Waals surface area contributed by atoms with Gasteiger partial charge in [0.2, 0.25) is 0 Å². The van der Waals surface area contributed by atoms with Crippen molar-refractivity contribution >= 4 is 11.6 Å². The summed E-state index contributed by atoms with van der Waals surface area (Å²) in [7, 11) is 1.65. The molecule has 1 saturated heterocycles. The van der Waals surface area contributed by atoms with Gasteiger partial charge in [-0.25, -0.2) is 0 Å². The van der Waals surface area contributed by atoms with Crippen LogP contribution in [0.5, 0.6) is 5.75 Å². The van der Waals surface area contributed by atoms with Crippen LogP contribution in [0.25, 0.3) is 0 Å². The van der Waals surface area contributed by atoms with E-state index in [0.717, 1.165) is 24.5 Å². The summed E-state index contributed by atoms with van der Waals surface area (Å²) in [5.74, 6) is 1.32. The molecule has 1 aliphatic heterocycles. The summed E-state index contributed by atoms with van der Waals surface area (Å²) < 4.78 is 5.08. The van der Waals surface area contributed by atoms with Crippen LogP contribution in [-0.2, 0) is 0 Å². The van der Waals surface area contributed by atoms with Crippen molar-refractivity contribution in [3.05, 3.63) is 24.3 Å². The molecule has 86 valence electrons. The fourth-order valence-corrected chi connectivity index (χ4v) is 1.83. The van der Waals surface area contributed by atoms with Crippen LogP contribution in [0.4, 0.5) is 5.69 Å². The summed E-state index contributed by atoms with van der Waals surface area (Å²) in [6, 6.07) is 7.62. The van der Waals surface area contributed by atoms with Crippen LogP contribution in [0.2, 0.25) is 0 Å². The van der Waals surface area contributed by atoms with E-state index in [-0.39, 0.29) is 0 Å². The Morgan fingerprint density at radius 3 is 2.44 bits per heavy atom. The van der Waals surface area contributed by atoms with Crippen molar-refractivity contribution in [1.82, 2.24) is 4.90 Å². The first-order valence-electron chi connectivity index (χ1n) is 5.54. The smallest absolute Gasteiger partial charge is 0.195 e. The van der Waals surface area contributed by atoms with Gasteiger partial charge in [-0.2, -0.15) is 0 Å². The maximum Gasteiger partial charge on any atom is 0.195 e. The maximum atomic E-state index is 7.91. The van der Waals surface area contributed by atoms with Gasteiger partial charge in [0.25, 0.3) is 0 Å². The van der Waals surface area contributed by atoms with Crippen LogP contribution in [0.15, 0.2) is 24.3 Å². The molecule has 0 atom stereocenters. The molecule has 1 aromatic rings. The van der Waals surface area contributed by atoms with Gasteiger partial charge < -0.3 is 15.0 Å². The minimum Gasteiger partial charge on any atom is -0.497 e. The van der Waals surface area contributed by atoms with Crippen molar-refractivity contribution in [2.75, 3.05) is 25.5 Å². The highest BCUT2D eigenvalue weighted by atomic mass is 16.5. The molecule has 0 unspecified atom stereocenters. The van der Waals surface area contributed by atoms with Gasteiger partial charge in [-0.1, -0.05) is 0 Å². The van der Waals surface area contributed by atoms with E-state index in [2.05, 4.69) is 10.2 Å². The number of hydrogen-bond acceptors (Lipinski definition) is 2. The van der Waals surface area contributed by atoms with E-state index in [9.17, 15) is 0 Å². The summed E-state index contributed by atoms with van der Waals surface area (Å²) in [5, 5.41) is 11.0. The second kappa shape index (κ2) is 4.88. The Bertz CT molecular complexity index is 355. The molecule has 2 N–H and O–H groups in total. The summed E-state index contributed by atoms with van der Waals surface area (Å²) in [6.07, 6.45) is 2.37. The van der Waals surface area contributed by atoms with Gasteiger partial charge in [0.1, 0.15) is 5.75 Å². The van der Waals surface area contributed by atoms with Gasteiger partial charge in [-0.3, -0.25) is 5.41 Å². The number of nitrogens with zero attached hydrogens (tertiary/aromatic N) is 1. The average Bonchev–Trinajstić information content (AvgIpc) is 2.83. The molecule has 1 aliphatic rings. The lowest BCUT2D eigenvalue weighted by atomic mass is 10.3. The average molecular weight is 219 g/mol. The molecule has 0 spiro atoms. The topological polar surface area (TPSA) is 48.4 Å². The Morgan fingerprint density at radius 1 is 1.25 bits per heavy atom. The fraction of sp³-hybridized carbons (Fsp3) is 0.417. The molecule has 0 saturated carbocycles. The number of rotatable bonds is 2. The van der Waals surface area contributed by atoms with Crippen molar-refractivity contribution in [2.24, 2.45) is 0 Å². The van der Waals surface area contributed by atoms with Crippen LogP contribution in [0.1, 0.15) is 12.8 Å². The lowest BCUT2D eigenvalue weighted by Gasteiger charge is -2.19. The summed E-state index contributed by atoms with van der Waals surface area (Å²) in [4.78, 5) is 2.06. The highest BCUT2D eigenvalue weighted by Gasteiger charge is 2.14. The number of benzene rings is 1. The van der Waals surface area contributed by atoms with Crippen LogP contribution >= 0.6 is 0 Å². The van der Waals surface area contributed by atoms with Gasteiger partial charge in [0, 0.05) is 18.8 Å². The molecule has 0 aromatic heterocycles. The van der Waals surface area contributed by atoms with Crippen LogP contribution in [0.3, 0.4) is 0 Å². The number of ether oxygens (including phenoxy) is 1. The highest BCUT2D eigenvalue weighted by molar-refractivity contribution is 5.91. The van der Waals surface area contributed by atoms with E-state index >= 15 is 0 Å². The Labute approximate surface area is 95.7 Å². The standard InChI is InChI=1S/C12H17N3O/c1-16-11-6-4-10(5-7-11)14-12(13)15-8-2-3-9-15/h4-7H,2-3,8-9H2,1H3,(H2,13,14). The minimum absolute atomic E-state index is 0.489. The van der Waals surface area contributed by atoms with E-state index in [1.165, 1.54) is 12.8 Å². The minimum atomic E-state index is 0.489. The molecule has 0 radical (unpaired) electrons. The third-order valence-corrected chi connectivity index (χ3v) is 2.78. The molecule has 2 rings (SSSR count). The Balaban J connectivity index is 1.94. The molecule has 4 nitrogen and oxygen atoms in total. The Kier molecular flexibility index (Phi) is 3.29. The maximum absolute atomic E-state index is 7.91. The van der Waals surface area contributed by atoms with Crippen molar-refractivity contribution in [2.45, 2.75) is 12.8 Å². The number of hydrogen-bond donors (Lipinski definition) is 2. The predicted octanol–water partition coefficient (Wildman–Crippen LogP) is 2.14. The highest BCUT2D eigenvalue weighted by Crippen LogP contribution is 2.16. The van der Waals surface area contributed by atoms with E-state index in [0.29, 0.717) is 5.96 Å². The van der Waals surface area contributed by atoms with Gasteiger partial charge in [0.15, 0.2) is 5.96 Å². The molecule has 1 aromatic carbocycles. The van der Waals surface area contributed by atoms with E-state index < -0.39 is 0 Å². The zero-order chi connectivity index (χ0) is 11.4. The first-order chi connectivity index (χ1) is 7.79. The van der Waals surface area contributed by atoms with E-state index in [1.54, 1.807) is 7.11 Å². The number of likely N-dealkylation sites (tertiary alicyclic amines) is 1. The second-order valence-electron chi connectivity index (χ2n) is 3.90. The predicted molar refractivity (Wildman–Crippen MR) is 65.2 cm³/mol. The SMILES string of the molecule is COc1ccc(NC(=N)N2CCCC2)cc1. The molecule has 0 amide bonds. The third-order valence-electron chi connectivity index (χ3n) is 2.78. The summed E-state index contributed by atoms with van der Waals surface area (Å²) in [6.45, 7) is 1.98. The van der Waals surface area contributed by atoms with Gasteiger partial charge in [-0.05, 0) is 37.1 Å². The largest absolute Gasteiger partial charge is 0.497 e. The molecule has 0 bridgehead atoms. The van der Waals surface area contributed by atoms with Crippen molar-refractivity contribution in [3.8, 4) is 5.75 Å². The molecule has 1 fully saturated rings. The van der Waals surface area contributed by atoms with Crippen LogP contribution in [-0.4, -0.2) is 31.1 Å². The van der Waals surface area contributed by atoms with E-state index in [4.69, 9.17) is 10.1 Å². The number of guanidine groups is 1. The quantitative estimate of drug-likeness (QED) is 0.592. The van der Waals surface area contributed by atoms with Gasteiger partial charge in [0.05, 0.1) is 7.11 Å². The molecule has 4 heteroatoms. The number of methoxy groups -OCH3 is 1. The lowest BCUT2D eigenvalue weighted by molar-refractivity contribution is 0.415. The normalized spacial score (nSPS) is 14.9. The molecule has 0 aliphatic carbocycles. The third kappa shape index (κ3) is 2.45.